The van der Waals surface area contributed by atoms with Crippen molar-refractivity contribution in [1.82, 2.24) is 5.32 Å². The van der Waals surface area contributed by atoms with Crippen LogP contribution >= 0.6 is 24.0 Å². The van der Waals surface area contributed by atoms with E-state index in [9.17, 15) is 0 Å². The molecule has 0 aromatic carbocycles. The number of nitrogens with one attached hydrogen (secondary N) is 1. The van der Waals surface area contributed by atoms with Gasteiger partial charge in [0.2, 0.25) is 0 Å². The predicted molar refractivity (Wildman–Crippen MR) is 89.4 cm³/mol. The van der Waals surface area contributed by atoms with E-state index in [4.69, 9.17) is 10.8 Å². The normalized spacial score (nSPS) is 15.1. The summed E-state index contributed by atoms with van der Waals surface area (Å²) in [5.41, 5.74) is 5.77. The number of aliphatic hydroxyl groups excluding tert-OH is 1. The van der Waals surface area contributed by atoms with Crippen molar-refractivity contribution in [2.75, 3.05) is 13.2 Å². The summed E-state index contributed by atoms with van der Waals surface area (Å²) in [6.07, 6.45) is 3.58. The summed E-state index contributed by atoms with van der Waals surface area (Å²) in [5.74, 6) is 1.42. The Labute approximate surface area is 129 Å². The first-order valence-electron chi connectivity index (χ1n) is 6.63. The van der Waals surface area contributed by atoms with Crippen molar-refractivity contribution in [3.63, 3.8) is 0 Å². The third-order valence-corrected chi connectivity index (χ3v) is 2.70. The molecule has 0 aliphatic heterocycles. The molecule has 0 aromatic heterocycles. The summed E-state index contributed by atoms with van der Waals surface area (Å²) in [6, 6.07) is 0.363. The van der Waals surface area contributed by atoms with E-state index in [0.717, 1.165) is 12.3 Å². The molecule has 0 bridgehead atoms. The van der Waals surface area contributed by atoms with Gasteiger partial charge in [0.25, 0.3) is 0 Å². The molecule has 5 heteroatoms. The van der Waals surface area contributed by atoms with Gasteiger partial charge in [0.15, 0.2) is 5.96 Å². The van der Waals surface area contributed by atoms with Crippen LogP contribution < -0.4 is 11.1 Å². The number of aliphatic imine (C=N–C) groups is 1. The van der Waals surface area contributed by atoms with E-state index in [-0.39, 0.29) is 36.5 Å². The fourth-order valence-corrected chi connectivity index (χ4v) is 1.51. The van der Waals surface area contributed by atoms with Gasteiger partial charge in [-0.25, -0.2) is 0 Å². The van der Waals surface area contributed by atoms with Gasteiger partial charge in [0.1, 0.15) is 0 Å². The van der Waals surface area contributed by atoms with E-state index in [1.54, 1.807) is 0 Å². The van der Waals surface area contributed by atoms with Crippen LogP contribution in [0.4, 0.5) is 0 Å². The SMILES string of the molecule is CC(C)CCCC(C)NC(N)=NCC(C)CO.I. The Bertz CT molecular complexity index is 222. The number of aliphatic hydroxyl groups is 1. The zero-order chi connectivity index (χ0) is 13.3. The molecule has 0 aromatic rings. The second-order valence-electron chi connectivity index (χ2n) is 5.38. The summed E-state index contributed by atoms with van der Waals surface area (Å²) >= 11 is 0. The Kier molecular flexibility index (Phi) is 13.5. The van der Waals surface area contributed by atoms with Crippen LogP contribution in [-0.4, -0.2) is 30.3 Å². The van der Waals surface area contributed by atoms with E-state index < -0.39 is 0 Å². The first kappa shape index (κ1) is 20.3. The second-order valence-corrected chi connectivity index (χ2v) is 5.38. The van der Waals surface area contributed by atoms with Crippen molar-refractivity contribution >= 4 is 29.9 Å². The van der Waals surface area contributed by atoms with E-state index in [1.807, 2.05) is 6.92 Å². The van der Waals surface area contributed by atoms with Gasteiger partial charge < -0.3 is 16.2 Å². The van der Waals surface area contributed by atoms with Gasteiger partial charge in [-0.3, -0.25) is 4.99 Å². The predicted octanol–water partition coefficient (Wildman–Crippen LogP) is 2.35. The van der Waals surface area contributed by atoms with Crippen LogP contribution in [0.3, 0.4) is 0 Å². The average molecular weight is 371 g/mol. The molecule has 2 unspecified atom stereocenters. The maximum absolute atomic E-state index is 8.87. The lowest BCUT2D eigenvalue weighted by Gasteiger charge is -2.15. The van der Waals surface area contributed by atoms with Crippen molar-refractivity contribution in [3.05, 3.63) is 0 Å². The van der Waals surface area contributed by atoms with Crippen LogP contribution in [0.25, 0.3) is 0 Å². The van der Waals surface area contributed by atoms with Crippen molar-refractivity contribution < 1.29 is 5.11 Å². The molecule has 4 N–H and O–H groups in total. The molecule has 0 saturated heterocycles. The van der Waals surface area contributed by atoms with Crippen LogP contribution in [0.5, 0.6) is 0 Å². The van der Waals surface area contributed by atoms with Gasteiger partial charge in [-0.1, -0.05) is 33.6 Å². The minimum Gasteiger partial charge on any atom is -0.396 e. The Morgan fingerprint density at radius 3 is 2.33 bits per heavy atom. The summed E-state index contributed by atoms with van der Waals surface area (Å²) < 4.78 is 0. The Morgan fingerprint density at radius 2 is 1.83 bits per heavy atom. The second kappa shape index (κ2) is 12.0. The topological polar surface area (TPSA) is 70.6 Å². The summed E-state index contributed by atoms with van der Waals surface area (Å²) in [4.78, 5) is 4.20. The van der Waals surface area contributed by atoms with Crippen molar-refractivity contribution in [2.24, 2.45) is 22.6 Å². The molecular weight excluding hydrogens is 341 g/mol. The van der Waals surface area contributed by atoms with Gasteiger partial charge in [-0.2, -0.15) is 0 Å². The smallest absolute Gasteiger partial charge is 0.188 e. The highest BCUT2D eigenvalue weighted by atomic mass is 127. The Hall–Kier alpha value is -0.0400. The first-order valence-corrected chi connectivity index (χ1v) is 6.63. The van der Waals surface area contributed by atoms with Crippen molar-refractivity contribution in [1.29, 1.82) is 0 Å². The van der Waals surface area contributed by atoms with Gasteiger partial charge in [-0.05, 0) is 25.2 Å². The lowest BCUT2D eigenvalue weighted by atomic mass is 10.0. The molecule has 0 rings (SSSR count). The third kappa shape index (κ3) is 12.4. The van der Waals surface area contributed by atoms with Crippen LogP contribution in [0.15, 0.2) is 4.99 Å². The zero-order valence-electron chi connectivity index (χ0n) is 12.1. The lowest BCUT2D eigenvalue weighted by Crippen LogP contribution is -2.38. The number of guanidine groups is 1. The monoisotopic (exact) mass is 371 g/mol. The molecule has 0 amide bonds. The summed E-state index contributed by atoms with van der Waals surface area (Å²) in [5, 5.41) is 12.0. The molecule has 0 fully saturated rings. The molecular formula is C13H30IN3O. The van der Waals surface area contributed by atoms with E-state index in [0.29, 0.717) is 18.5 Å². The molecule has 4 nitrogen and oxygen atoms in total. The average Bonchev–Trinajstić information content (AvgIpc) is 2.25. The van der Waals surface area contributed by atoms with Crippen LogP contribution in [0.2, 0.25) is 0 Å². The number of halogens is 1. The van der Waals surface area contributed by atoms with Gasteiger partial charge in [0.05, 0.1) is 0 Å². The van der Waals surface area contributed by atoms with E-state index >= 15 is 0 Å². The minimum atomic E-state index is 0. The molecule has 0 heterocycles. The largest absolute Gasteiger partial charge is 0.396 e. The van der Waals surface area contributed by atoms with Gasteiger partial charge in [-0.15, -0.1) is 24.0 Å². The molecule has 0 spiro atoms. The quantitative estimate of drug-likeness (QED) is 0.349. The van der Waals surface area contributed by atoms with Crippen molar-refractivity contribution in [2.45, 2.75) is 53.0 Å². The zero-order valence-corrected chi connectivity index (χ0v) is 14.5. The van der Waals surface area contributed by atoms with Crippen LogP contribution in [-0.2, 0) is 0 Å². The maximum atomic E-state index is 8.87. The van der Waals surface area contributed by atoms with E-state index in [1.165, 1.54) is 12.8 Å². The first-order chi connectivity index (χ1) is 7.95. The molecule has 0 aliphatic carbocycles. The number of hydrogen-bond donors (Lipinski definition) is 3. The number of nitrogens with zero attached hydrogens (tertiary/aromatic N) is 1. The molecule has 0 saturated carbocycles. The summed E-state index contributed by atoms with van der Waals surface area (Å²) in [7, 11) is 0. The van der Waals surface area contributed by atoms with Crippen LogP contribution in [0, 0.1) is 11.8 Å². The number of hydrogen-bond acceptors (Lipinski definition) is 2. The number of nitrogens with two attached hydrogens (primary N) is 1. The third-order valence-electron chi connectivity index (χ3n) is 2.70. The fraction of sp³-hybridized carbons (Fsp3) is 0.923. The molecule has 0 radical (unpaired) electrons. The lowest BCUT2D eigenvalue weighted by molar-refractivity contribution is 0.241. The Balaban J connectivity index is 0. The highest BCUT2D eigenvalue weighted by molar-refractivity contribution is 14.0. The molecule has 18 heavy (non-hydrogen) atoms. The summed E-state index contributed by atoms with van der Waals surface area (Å²) in [6.45, 7) is 9.28. The van der Waals surface area contributed by atoms with Gasteiger partial charge in [0, 0.05) is 19.2 Å². The van der Waals surface area contributed by atoms with Crippen LogP contribution in [0.1, 0.15) is 47.0 Å². The minimum absolute atomic E-state index is 0. The van der Waals surface area contributed by atoms with Gasteiger partial charge >= 0.3 is 0 Å². The molecule has 2 atom stereocenters. The maximum Gasteiger partial charge on any atom is 0.188 e. The highest BCUT2D eigenvalue weighted by Gasteiger charge is 2.04. The standard InChI is InChI=1S/C13H29N3O.HI/c1-10(2)6-5-7-12(4)16-13(14)15-8-11(3)9-17;/h10-12,17H,5-9H2,1-4H3,(H3,14,15,16);1H. The van der Waals surface area contributed by atoms with E-state index in [2.05, 4.69) is 31.1 Å². The Morgan fingerprint density at radius 1 is 1.22 bits per heavy atom. The van der Waals surface area contributed by atoms with Crippen molar-refractivity contribution in [3.8, 4) is 0 Å². The fourth-order valence-electron chi connectivity index (χ4n) is 1.51. The highest BCUT2D eigenvalue weighted by Crippen LogP contribution is 2.07. The number of rotatable bonds is 8. The molecule has 0 aliphatic rings. The molecule has 110 valence electrons.